The van der Waals surface area contributed by atoms with E-state index in [1.165, 1.54) is 6.07 Å². The predicted molar refractivity (Wildman–Crippen MR) is 88.1 cm³/mol. The second-order valence-electron chi connectivity index (χ2n) is 5.93. The smallest absolute Gasteiger partial charge is 0.405 e. The van der Waals surface area contributed by atoms with Crippen LogP contribution in [0.15, 0.2) is 22.8 Å². The van der Waals surface area contributed by atoms with Crippen LogP contribution in [0.3, 0.4) is 0 Å². The third-order valence-electron chi connectivity index (χ3n) is 4.07. The molecule has 0 amide bonds. The molecular weight excluding hydrogens is 389 g/mol. The van der Waals surface area contributed by atoms with E-state index in [4.69, 9.17) is 0 Å². The number of piperazine rings is 1. The monoisotopic (exact) mass is 406 g/mol. The average Bonchev–Trinajstić information content (AvgIpc) is 2.87. The molecule has 24 heavy (non-hydrogen) atoms. The maximum Gasteiger partial charge on any atom is 0.573 e. The highest BCUT2D eigenvalue weighted by atomic mass is 79.9. The summed E-state index contributed by atoms with van der Waals surface area (Å²) >= 11 is 3.11. The number of hydrogen-bond donors (Lipinski definition) is 0. The van der Waals surface area contributed by atoms with Crippen LogP contribution < -0.4 is 4.74 Å². The molecule has 0 atom stereocenters. The number of fused-ring (bicyclic) bond motifs is 1. The lowest BCUT2D eigenvalue weighted by Crippen LogP contribution is -2.45. The summed E-state index contributed by atoms with van der Waals surface area (Å²) in [5.41, 5.74) is 0.482. The molecule has 1 aromatic heterocycles. The molecule has 2 aromatic rings. The fraction of sp³-hybridized carbons (Fsp3) is 0.533. The molecule has 0 unspecified atom stereocenters. The van der Waals surface area contributed by atoms with Crippen molar-refractivity contribution in [3.63, 3.8) is 0 Å². The van der Waals surface area contributed by atoms with Gasteiger partial charge in [0.2, 0.25) is 0 Å². The Kier molecular flexibility index (Phi) is 5.03. The van der Waals surface area contributed by atoms with Crippen LogP contribution in [0.1, 0.15) is 0 Å². The van der Waals surface area contributed by atoms with Crippen LogP contribution in [0.2, 0.25) is 0 Å². The number of nitrogens with zero attached hydrogens (tertiary/aromatic N) is 4. The van der Waals surface area contributed by atoms with Crippen molar-refractivity contribution in [3.05, 3.63) is 22.8 Å². The van der Waals surface area contributed by atoms with Crippen molar-refractivity contribution in [1.29, 1.82) is 0 Å². The van der Waals surface area contributed by atoms with Crippen molar-refractivity contribution >= 4 is 26.8 Å². The molecule has 1 aliphatic rings. The van der Waals surface area contributed by atoms with E-state index >= 15 is 0 Å². The normalized spacial score (nSPS) is 17.5. The number of hydrogen-bond acceptors (Lipinski definition) is 4. The molecule has 0 spiro atoms. The quantitative estimate of drug-likeness (QED) is 0.781. The fourth-order valence-electron chi connectivity index (χ4n) is 2.71. The van der Waals surface area contributed by atoms with Gasteiger partial charge in [0.1, 0.15) is 5.75 Å². The lowest BCUT2D eigenvalue weighted by atomic mass is 10.2. The zero-order chi connectivity index (χ0) is 17.3. The van der Waals surface area contributed by atoms with Crippen molar-refractivity contribution in [3.8, 4) is 5.75 Å². The molecule has 5 nitrogen and oxygen atoms in total. The SMILES string of the molecule is CN1CCN(CCn2cc3cc(Br)c(OC(F)(F)F)cc3n2)CC1. The molecule has 0 saturated carbocycles. The van der Waals surface area contributed by atoms with E-state index in [0.29, 0.717) is 12.1 Å². The predicted octanol–water partition coefficient (Wildman–Crippen LogP) is 2.94. The highest BCUT2D eigenvalue weighted by molar-refractivity contribution is 9.10. The number of benzene rings is 1. The lowest BCUT2D eigenvalue weighted by molar-refractivity contribution is -0.274. The zero-order valence-corrected chi connectivity index (χ0v) is 14.8. The number of ether oxygens (including phenoxy) is 1. The maximum atomic E-state index is 12.4. The minimum absolute atomic E-state index is 0.256. The standard InChI is InChI=1S/C15H18BrF3N4O/c1-21-2-4-22(5-3-21)6-7-23-10-11-8-12(16)14(9-13(11)20-23)24-15(17,18)19/h8-10H,2-7H2,1H3. The Labute approximate surface area is 146 Å². The van der Waals surface area contributed by atoms with Gasteiger partial charge < -0.3 is 9.64 Å². The molecule has 9 heteroatoms. The molecule has 0 N–H and O–H groups in total. The third-order valence-corrected chi connectivity index (χ3v) is 4.69. The lowest BCUT2D eigenvalue weighted by Gasteiger charge is -2.32. The molecule has 0 radical (unpaired) electrons. The van der Waals surface area contributed by atoms with Crippen LogP contribution in [0.25, 0.3) is 10.9 Å². The summed E-state index contributed by atoms with van der Waals surface area (Å²) < 4.78 is 43.2. The first-order valence-corrected chi connectivity index (χ1v) is 8.43. The van der Waals surface area contributed by atoms with Crippen LogP contribution in [0, 0.1) is 0 Å². The maximum absolute atomic E-state index is 12.4. The first-order valence-electron chi connectivity index (χ1n) is 7.63. The summed E-state index contributed by atoms with van der Waals surface area (Å²) in [5, 5.41) is 5.13. The minimum atomic E-state index is -4.72. The number of halogens is 4. The van der Waals surface area contributed by atoms with Crippen LogP contribution in [0.5, 0.6) is 5.75 Å². The Morgan fingerprint density at radius 2 is 1.88 bits per heavy atom. The molecule has 1 aromatic carbocycles. The van der Waals surface area contributed by atoms with Crippen LogP contribution >= 0.6 is 15.9 Å². The van der Waals surface area contributed by atoms with Crippen LogP contribution in [0.4, 0.5) is 13.2 Å². The van der Waals surface area contributed by atoms with Crippen molar-refractivity contribution in [1.82, 2.24) is 19.6 Å². The van der Waals surface area contributed by atoms with Gasteiger partial charge in [-0.15, -0.1) is 13.2 Å². The largest absolute Gasteiger partial charge is 0.573 e. The van der Waals surface area contributed by atoms with Crippen molar-refractivity contribution in [2.75, 3.05) is 39.8 Å². The molecule has 0 bridgehead atoms. The Bertz CT molecular complexity index is 711. The number of aromatic nitrogens is 2. The summed E-state index contributed by atoms with van der Waals surface area (Å²) in [6.07, 6.45) is -2.88. The minimum Gasteiger partial charge on any atom is -0.405 e. The Morgan fingerprint density at radius 1 is 1.17 bits per heavy atom. The van der Waals surface area contributed by atoms with E-state index in [2.05, 4.69) is 42.6 Å². The highest BCUT2D eigenvalue weighted by Gasteiger charge is 2.32. The molecule has 0 aliphatic carbocycles. The number of alkyl halides is 3. The summed E-state index contributed by atoms with van der Waals surface area (Å²) in [6, 6.07) is 2.90. The fourth-order valence-corrected chi connectivity index (χ4v) is 3.15. The van der Waals surface area contributed by atoms with Crippen molar-refractivity contribution < 1.29 is 17.9 Å². The summed E-state index contributed by atoms with van der Waals surface area (Å²) in [4.78, 5) is 4.65. The van der Waals surface area contributed by atoms with Gasteiger partial charge in [0, 0.05) is 50.4 Å². The van der Waals surface area contributed by atoms with Gasteiger partial charge in [-0.3, -0.25) is 9.58 Å². The summed E-state index contributed by atoms with van der Waals surface area (Å²) in [6.45, 7) is 5.71. The molecule has 1 fully saturated rings. The van der Waals surface area contributed by atoms with Gasteiger partial charge in [-0.05, 0) is 29.0 Å². The molecule has 2 heterocycles. The molecule has 132 valence electrons. The van der Waals surface area contributed by atoms with Gasteiger partial charge in [-0.25, -0.2) is 0 Å². The Balaban J connectivity index is 1.69. The zero-order valence-electron chi connectivity index (χ0n) is 13.2. The van der Waals surface area contributed by atoms with Crippen LogP contribution in [-0.4, -0.2) is 65.7 Å². The molecule has 3 rings (SSSR count). The average molecular weight is 407 g/mol. The Hall–Kier alpha value is -1.32. The van der Waals surface area contributed by atoms with E-state index < -0.39 is 6.36 Å². The van der Waals surface area contributed by atoms with Crippen molar-refractivity contribution in [2.24, 2.45) is 0 Å². The number of likely N-dealkylation sites (N-methyl/N-ethyl adjacent to an activating group) is 1. The number of rotatable bonds is 4. The summed E-state index contributed by atoms with van der Waals surface area (Å²) in [7, 11) is 2.11. The molecular formula is C15H18BrF3N4O. The van der Waals surface area contributed by atoms with Crippen molar-refractivity contribution in [2.45, 2.75) is 12.9 Å². The van der Waals surface area contributed by atoms with Gasteiger partial charge in [-0.1, -0.05) is 0 Å². The second-order valence-corrected chi connectivity index (χ2v) is 6.78. The first kappa shape index (κ1) is 17.5. The molecule has 1 saturated heterocycles. The second kappa shape index (κ2) is 6.89. The topological polar surface area (TPSA) is 33.5 Å². The highest BCUT2D eigenvalue weighted by Crippen LogP contribution is 2.33. The van der Waals surface area contributed by atoms with Gasteiger partial charge in [0.15, 0.2) is 0 Å². The van der Waals surface area contributed by atoms with E-state index in [-0.39, 0.29) is 10.2 Å². The van der Waals surface area contributed by atoms with Gasteiger partial charge in [0.05, 0.1) is 16.5 Å². The van der Waals surface area contributed by atoms with E-state index in [1.54, 1.807) is 10.7 Å². The van der Waals surface area contributed by atoms with Gasteiger partial charge in [-0.2, -0.15) is 5.10 Å². The first-order chi connectivity index (χ1) is 11.3. The Morgan fingerprint density at radius 3 is 2.54 bits per heavy atom. The summed E-state index contributed by atoms with van der Waals surface area (Å²) in [5.74, 6) is -0.278. The molecule has 1 aliphatic heterocycles. The van der Waals surface area contributed by atoms with Gasteiger partial charge >= 0.3 is 6.36 Å². The van der Waals surface area contributed by atoms with Gasteiger partial charge in [0.25, 0.3) is 0 Å². The van der Waals surface area contributed by atoms with E-state index in [1.807, 2.05) is 6.20 Å². The third kappa shape index (κ3) is 4.40. The van der Waals surface area contributed by atoms with E-state index in [0.717, 1.165) is 38.1 Å². The van der Waals surface area contributed by atoms with Crippen LogP contribution in [-0.2, 0) is 6.54 Å². The van der Waals surface area contributed by atoms with E-state index in [9.17, 15) is 13.2 Å².